The normalized spacial score (nSPS) is 12.7. The second kappa shape index (κ2) is 5.92. The van der Waals surface area contributed by atoms with Crippen LogP contribution in [0, 0.1) is 6.92 Å². The fraction of sp³-hybridized carbons (Fsp3) is 0.222. The van der Waals surface area contributed by atoms with E-state index in [9.17, 15) is 0 Å². The molecular formula is C18H18ClNO. The molecule has 0 saturated heterocycles. The molecule has 0 spiro atoms. The van der Waals surface area contributed by atoms with Gasteiger partial charge in [-0.2, -0.15) is 0 Å². The van der Waals surface area contributed by atoms with E-state index < -0.39 is 0 Å². The van der Waals surface area contributed by atoms with Gasteiger partial charge in [0.05, 0.1) is 6.04 Å². The van der Waals surface area contributed by atoms with Gasteiger partial charge in [-0.1, -0.05) is 48.9 Å². The van der Waals surface area contributed by atoms with Crippen LogP contribution < -0.4 is 5.32 Å². The third kappa shape index (κ3) is 2.82. The average Bonchev–Trinajstić information content (AvgIpc) is 2.90. The van der Waals surface area contributed by atoms with Gasteiger partial charge in [-0.15, -0.1) is 0 Å². The van der Waals surface area contributed by atoms with Gasteiger partial charge in [0, 0.05) is 10.4 Å². The van der Waals surface area contributed by atoms with E-state index in [1.165, 1.54) is 0 Å². The van der Waals surface area contributed by atoms with Crippen LogP contribution in [0.3, 0.4) is 0 Å². The lowest BCUT2D eigenvalue weighted by atomic mass is 10.0. The third-order valence-corrected chi connectivity index (χ3v) is 3.87. The molecule has 1 atom stereocenters. The Bertz CT molecular complexity index is 763. The molecule has 1 heterocycles. The summed E-state index contributed by atoms with van der Waals surface area (Å²) in [6.07, 6.45) is 0. The molecule has 0 bridgehead atoms. The molecule has 1 unspecified atom stereocenters. The fourth-order valence-corrected chi connectivity index (χ4v) is 2.84. The highest BCUT2D eigenvalue weighted by atomic mass is 35.5. The Hall–Kier alpha value is -1.77. The number of furan rings is 1. The summed E-state index contributed by atoms with van der Waals surface area (Å²) in [6.45, 7) is 5.01. The zero-order valence-electron chi connectivity index (χ0n) is 12.2. The summed E-state index contributed by atoms with van der Waals surface area (Å²) in [4.78, 5) is 0. The highest BCUT2D eigenvalue weighted by Gasteiger charge is 2.18. The van der Waals surface area contributed by atoms with Gasteiger partial charge >= 0.3 is 0 Å². The van der Waals surface area contributed by atoms with Gasteiger partial charge in [-0.3, -0.25) is 0 Å². The predicted octanol–water partition coefficient (Wildman–Crippen LogP) is 5.09. The molecule has 3 rings (SSSR count). The van der Waals surface area contributed by atoms with Crippen LogP contribution in [0.2, 0.25) is 5.02 Å². The topological polar surface area (TPSA) is 25.2 Å². The molecule has 0 aliphatic rings. The number of rotatable bonds is 4. The number of hydrogen-bond acceptors (Lipinski definition) is 2. The van der Waals surface area contributed by atoms with Crippen LogP contribution >= 0.6 is 11.6 Å². The minimum absolute atomic E-state index is 0.0144. The van der Waals surface area contributed by atoms with Crippen LogP contribution in [0.5, 0.6) is 0 Å². The highest BCUT2D eigenvalue weighted by Crippen LogP contribution is 2.30. The van der Waals surface area contributed by atoms with E-state index in [1.807, 2.05) is 18.2 Å². The second-order valence-electron chi connectivity index (χ2n) is 5.19. The van der Waals surface area contributed by atoms with Crippen LogP contribution in [0.4, 0.5) is 0 Å². The first-order chi connectivity index (χ1) is 10.2. The SMILES string of the molecule is CCNC(c1cccc(Cl)c1)c1cc2cccc(C)c2o1. The zero-order chi connectivity index (χ0) is 14.8. The summed E-state index contributed by atoms with van der Waals surface area (Å²) >= 11 is 6.12. The van der Waals surface area contributed by atoms with E-state index in [-0.39, 0.29) is 6.04 Å². The van der Waals surface area contributed by atoms with Gasteiger partial charge in [0.25, 0.3) is 0 Å². The van der Waals surface area contributed by atoms with E-state index in [0.717, 1.165) is 39.4 Å². The minimum Gasteiger partial charge on any atom is -0.459 e. The maximum absolute atomic E-state index is 6.12. The Kier molecular flexibility index (Phi) is 4.00. The molecule has 0 aliphatic heterocycles. The van der Waals surface area contributed by atoms with Crippen LogP contribution in [0.25, 0.3) is 11.0 Å². The Morgan fingerprint density at radius 3 is 2.67 bits per heavy atom. The molecule has 0 aliphatic carbocycles. The van der Waals surface area contributed by atoms with Gasteiger partial charge in [0.2, 0.25) is 0 Å². The second-order valence-corrected chi connectivity index (χ2v) is 5.62. The maximum atomic E-state index is 6.12. The number of para-hydroxylation sites is 1. The summed E-state index contributed by atoms with van der Waals surface area (Å²) in [7, 11) is 0. The van der Waals surface area contributed by atoms with Crippen molar-refractivity contribution in [3.63, 3.8) is 0 Å². The van der Waals surface area contributed by atoms with Gasteiger partial charge < -0.3 is 9.73 Å². The van der Waals surface area contributed by atoms with Crippen molar-refractivity contribution >= 4 is 22.6 Å². The minimum atomic E-state index is 0.0144. The average molecular weight is 300 g/mol. The maximum Gasteiger partial charge on any atom is 0.137 e. The number of halogens is 1. The first kappa shape index (κ1) is 14.2. The molecule has 2 aromatic carbocycles. The van der Waals surface area contributed by atoms with Crippen molar-refractivity contribution < 1.29 is 4.42 Å². The van der Waals surface area contributed by atoms with Gasteiger partial charge in [0.1, 0.15) is 11.3 Å². The van der Waals surface area contributed by atoms with Crippen molar-refractivity contribution in [1.29, 1.82) is 0 Å². The molecule has 0 radical (unpaired) electrons. The lowest BCUT2D eigenvalue weighted by molar-refractivity contribution is 0.476. The molecule has 1 aromatic heterocycles. The molecule has 3 heteroatoms. The number of hydrogen-bond donors (Lipinski definition) is 1. The molecule has 0 saturated carbocycles. The zero-order valence-corrected chi connectivity index (χ0v) is 12.9. The Balaban J connectivity index is 2.09. The van der Waals surface area contributed by atoms with Gasteiger partial charge in [-0.05, 0) is 42.8 Å². The summed E-state index contributed by atoms with van der Waals surface area (Å²) in [5.74, 6) is 0.920. The van der Waals surface area contributed by atoms with Crippen molar-refractivity contribution in [2.75, 3.05) is 6.54 Å². The van der Waals surface area contributed by atoms with E-state index in [2.05, 4.69) is 49.5 Å². The van der Waals surface area contributed by atoms with Crippen molar-refractivity contribution in [3.8, 4) is 0 Å². The molecule has 1 N–H and O–H groups in total. The molecule has 21 heavy (non-hydrogen) atoms. The molecule has 0 amide bonds. The molecule has 3 aromatic rings. The number of nitrogens with one attached hydrogen (secondary N) is 1. The first-order valence-electron chi connectivity index (χ1n) is 7.17. The highest BCUT2D eigenvalue weighted by molar-refractivity contribution is 6.30. The Morgan fingerprint density at radius 2 is 1.95 bits per heavy atom. The summed E-state index contributed by atoms with van der Waals surface area (Å²) in [6, 6.07) is 16.2. The molecule has 0 fully saturated rings. The summed E-state index contributed by atoms with van der Waals surface area (Å²) < 4.78 is 6.10. The van der Waals surface area contributed by atoms with E-state index >= 15 is 0 Å². The van der Waals surface area contributed by atoms with Gasteiger partial charge in [-0.25, -0.2) is 0 Å². The van der Waals surface area contributed by atoms with Crippen molar-refractivity contribution in [3.05, 3.63) is 70.4 Å². The first-order valence-corrected chi connectivity index (χ1v) is 7.54. The van der Waals surface area contributed by atoms with Crippen molar-refractivity contribution in [1.82, 2.24) is 5.32 Å². The van der Waals surface area contributed by atoms with Gasteiger partial charge in [0.15, 0.2) is 0 Å². The molecule has 108 valence electrons. The number of benzene rings is 2. The van der Waals surface area contributed by atoms with E-state index in [1.54, 1.807) is 0 Å². The van der Waals surface area contributed by atoms with Crippen LogP contribution in [-0.2, 0) is 0 Å². The van der Waals surface area contributed by atoms with Crippen molar-refractivity contribution in [2.24, 2.45) is 0 Å². The largest absolute Gasteiger partial charge is 0.459 e. The lowest BCUT2D eigenvalue weighted by Crippen LogP contribution is -2.21. The quantitative estimate of drug-likeness (QED) is 0.725. The number of fused-ring (bicyclic) bond motifs is 1. The molecule has 2 nitrogen and oxygen atoms in total. The standard InChI is InChI=1S/C18H18ClNO/c1-3-20-17(13-7-5-9-15(19)10-13)16-11-14-8-4-6-12(2)18(14)21-16/h4-11,17,20H,3H2,1-2H3. The third-order valence-electron chi connectivity index (χ3n) is 3.63. The lowest BCUT2D eigenvalue weighted by Gasteiger charge is -2.16. The van der Waals surface area contributed by atoms with Crippen LogP contribution in [0.15, 0.2) is 52.9 Å². The number of aryl methyl sites for hydroxylation is 1. The van der Waals surface area contributed by atoms with Crippen LogP contribution in [0.1, 0.15) is 29.9 Å². The van der Waals surface area contributed by atoms with E-state index in [0.29, 0.717) is 0 Å². The Labute approximate surface area is 129 Å². The van der Waals surface area contributed by atoms with E-state index in [4.69, 9.17) is 16.0 Å². The summed E-state index contributed by atoms with van der Waals surface area (Å²) in [5.41, 5.74) is 3.22. The monoisotopic (exact) mass is 299 g/mol. The van der Waals surface area contributed by atoms with Crippen molar-refractivity contribution in [2.45, 2.75) is 19.9 Å². The smallest absolute Gasteiger partial charge is 0.137 e. The molecular weight excluding hydrogens is 282 g/mol. The summed E-state index contributed by atoms with van der Waals surface area (Å²) in [5, 5.41) is 5.34. The Morgan fingerprint density at radius 1 is 1.14 bits per heavy atom. The predicted molar refractivity (Wildman–Crippen MR) is 87.9 cm³/mol. The van der Waals surface area contributed by atoms with Crippen LogP contribution in [-0.4, -0.2) is 6.54 Å². The fourth-order valence-electron chi connectivity index (χ4n) is 2.64.